The molecule has 3 aromatic carbocycles. The first-order valence-electron chi connectivity index (χ1n) is 10.0. The van der Waals surface area contributed by atoms with Crippen LogP contribution in [0.5, 0.6) is 0 Å². The minimum Gasteiger partial charge on any atom is -0.395 e. The van der Waals surface area contributed by atoms with Crippen molar-refractivity contribution in [3.63, 3.8) is 0 Å². The summed E-state index contributed by atoms with van der Waals surface area (Å²) in [4.78, 5) is 12.1. The van der Waals surface area contributed by atoms with Gasteiger partial charge in [0.05, 0.1) is 12.7 Å². The molecule has 0 spiro atoms. The van der Waals surface area contributed by atoms with E-state index in [1.165, 1.54) is 0 Å². The van der Waals surface area contributed by atoms with E-state index in [-0.39, 0.29) is 18.7 Å². The molecular formula is C24H26ClN3O3. The minimum absolute atomic E-state index is 0.0677. The van der Waals surface area contributed by atoms with Gasteiger partial charge in [-0.3, -0.25) is 0 Å². The Morgan fingerprint density at radius 3 is 2.23 bits per heavy atom. The zero-order valence-corrected chi connectivity index (χ0v) is 17.7. The number of carbonyl (C=O) groups is 1. The first-order valence-corrected chi connectivity index (χ1v) is 10.4. The fourth-order valence-electron chi connectivity index (χ4n) is 3.13. The van der Waals surface area contributed by atoms with Gasteiger partial charge < -0.3 is 26.2 Å². The molecule has 0 heterocycles. The zero-order chi connectivity index (χ0) is 22.1. The molecule has 0 radical (unpaired) electrons. The molecule has 2 amide bonds. The summed E-state index contributed by atoms with van der Waals surface area (Å²) in [6.07, 6.45) is -0.141. The van der Waals surface area contributed by atoms with Gasteiger partial charge in [0.15, 0.2) is 0 Å². The van der Waals surface area contributed by atoms with Gasteiger partial charge in [-0.25, -0.2) is 4.79 Å². The number of amides is 2. The number of para-hydroxylation sites is 1. The average Bonchev–Trinajstić information content (AvgIpc) is 2.78. The van der Waals surface area contributed by atoms with E-state index in [1.54, 1.807) is 18.2 Å². The van der Waals surface area contributed by atoms with E-state index >= 15 is 0 Å². The molecule has 3 rings (SSSR count). The highest BCUT2D eigenvalue weighted by Gasteiger charge is 2.13. The van der Waals surface area contributed by atoms with Gasteiger partial charge in [-0.2, -0.15) is 0 Å². The summed E-state index contributed by atoms with van der Waals surface area (Å²) in [5.41, 5.74) is 3.11. The summed E-state index contributed by atoms with van der Waals surface area (Å²) in [5, 5.41) is 29.3. The molecule has 0 unspecified atom stereocenters. The Bertz CT molecular complexity index is 967. The monoisotopic (exact) mass is 439 g/mol. The largest absolute Gasteiger partial charge is 0.395 e. The number of nitrogens with one attached hydrogen (secondary N) is 3. The van der Waals surface area contributed by atoms with Crippen LogP contribution < -0.4 is 16.0 Å². The van der Waals surface area contributed by atoms with E-state index in [9.17, 15) is 15.0 Å². The van der Waals surface area contributed by atoms with E-state index in [1.807, 2.05) is 60.7 Å². The van der Waals surface area contributed by atoms with Crippen LogP contribution in [0, 0.1) is 0 Å². The van der Waals surface area contributed by atoms with E-state index in [0.29, 0.717) is 29.4 Å². The molecule has 0 aromatic heterocycles. The molecule has 6 nitrogen and oxygen atoms in total. The second-order valence-corrected chi connectivity index (χ2v) is 7.64. The second-order valence-electron chi connectivity index (χ2n) is 7.20. The van der Waals surface area contributed by atoms with Crippen LogP contribution in [-0.2, 0) is 6.42 Å². The molecule has 0 saturated carbocycles. The smallest absolute Gasteiger partial charge is 0.323 e. The molecule has 0 saturated heterocycles. The third-order valence-corrected chi connectivity index (χ3v) is 5.01. The van der Waals surface area contributed by atoms with Crippen molar-refractivity contribution in [2.45, 2.75) is 18.6 Å². The lowest BCUT2D eigenvalue weighted by Crippen LogP contribution is -2.37. The van der Waals surface area contributed by atoms with Crippen LogP contribution in [0.25, 0.3) is 0 Å². The number of aliphatic hydroxyl groups is 2. The summed E-state index contributed by atoms with van der Waals surface area (Å²) in [5.74, 6) is 0. The standard InChI is InChI=1S/C24H26ClN3O3/c25-19-6-4-5-18(14-19)23(30)15-26-22(16-29)13-17-9-11-21(12-10-17)28-24(31)27-20-7-2-1-3-8-20/h1-12,14,22-23,26,29-30H,13,15-16H2,(H2,27,28,31)/t22-,23+/m0/s1. The highest BCUT2D eigenvalue weighted by Crippen LogP contribution is 2.18. The molecule has 0 aliphatic carbocycles. The number of hydrogen-bond donors (Lipinski definition) is 5. The normalized spacial score (nSPS) is 12.7. The number of hydrogen-bond acceptors (Lipinski definition) is 4. The Morgan fingerprint density at radius 2 is 1.58 bits per heavy atom. The van der Waals surface area contributed by atoms with Crippen molar-refractivity contribution < 1.29 is 15.0 Å². The van der Waals surface area contributed by atoms with Crippen LogP contribution in [-0.4, -0.2) is 35.4 Å². The van der Waals surface area contributed by atoms with Crippen molar-refractivity contribution >= 4 is 29.0 Å². The van der Waals surface area contributed by atoms with Crippen molar-refractivity contribution in [1.29, 1.82) is 0 Å². The predicted molar refractivity (Wildman–Crippen MR) is 125 cm³/mol. The van der Waals surface area contributed by atoms with Crippen LogP contribution in [0.3, 0.4) is 0 Å². The topological polar surface area (TPSA) is 93.6 Å². The average molecular weight is 440 g/mol. The maximum Gasteiger partial charge on any atom is 0.323 e. The van der Waals surface area contributed by atoms with Crippen LogP contribution >= 0.6 is 11.6 Å². The number of urea groups is 1. The number of carbonyl (C=O) groups excluding carboxylic acids is 1. The summed E-state index contributed by atoms with van der Waals surface area (Å²) in [6, 6.07) is 23.2. The van der Waals surface area contributed by atoms with Crippen LogP contribution in [0.15, 0.2) is 78.9 Å². The Morgan fingerprint density at radius 1 is 0.903 bits per heavy atom. The van der Waals surface area contributed by atoms with Crippen molar-refractivity contribution in [1.82, 2.24) is 5.32 Å². The second kappa shape index (κ2) is 11.5. The van der Waals surface area contributed by atoms with Gasteiger partial charge in [0.2, 0.25) is 0 Å². The van der Waals surface area contributed by atoms with Gasteiger partial charge in [-0.1, -0.05) is 54.1 Å². The maximum absolute atomic E-state index is 12.1. The van der Waals surface area contributed by atoms with Crippen LogP contribution in [0.2, 0.25) is 5.02 Å². The van der Waals surface area contributed by atoms with Gasteiger partial charge in [-0.05, 0) is 53.9 Å². The van der Waals surface area contributed by atoms with Crippen molar-refractivity contribution in [2.75, 3.05) is 23.8 Å². The third-order valence-electron chi connectivity index (χ3n) is 4.78. The first-order chi connectivity index (χ1) is 15.0. The van der Waals surface area contributed by atoms with Gasteiger partial charge in [0.25, 0.3) is 0 Å². The van der Waals surface area contributed by atoms with E-state index in [2.05, 4.69) is 16.0 Å². The SMILES string of the molecule is O=C(Nc1ccccc1)Nc1ccc(C[C@@H](CO)NC[C@@H](O)c2cccc(Cl)c2)cc1. The van der Waals surface area contributed by atoms with Crippen molar-refractivity contribution in [2.24, 2.45) is 0 Å². The van der Waals surface area contributed by atoms with Gasteiger partial charge in [0, 0.05) is 29.0 Å². The lowest BCUT2D eigenvalue weighted by molar-refractivity contribution is 0.158. The molecule has 0 bridgehead atoms. The lowest BCUT2D eigenvalue weighted by Gasteiger charge is -2.19. The predicted octanol–water partition coefficient (Wildman–Crippen LogP) is 4.21. The van der Waals surface area contributed by atoms with E-state index in [4.69, 9.17) is 11.6 Å². The summed E-state index contributed by atoms with van der Waals surface area (Å²) in [6.45, 7) is 0.229. The van der Waals surface area contributed by atoms with Crippen LogP contribution in [0.4, 0.5) is 16.2 Å². The molecule has 0 fully saturated rings. The molecule has 0 aliphatic heterocycles. The van der Waals surface area contributed by atoms with Gasteiger partial charge >= 0.3 is 6.03 Å². The molecule has 2 atom stereocenters. The fourth-order valence-corrected chi connectivity index (χ4v) is 3.33. The summed E-state index contributed by atoms with van der Waals surface area (Å²) >= 11 is 5.97. The number of aliphatic hydroxyl groups excluding tert-OH is 2. The molecule has 162 valence electrons. The van der Waals surface area contributed by atoms with Gasteiger partial charge in [-0.15, -0.1) is 0 Å². The molecule has 5 N–H and O–H groups in total. The van der Waals surface area contributed by atoms with E-state index < -0.39 is 6.10 Å². The quantitative estimate of drug-likeness (QED) is 0.345. The van der Waals surface area contributed by atoms with Crippen molar-refractivity contribution in [3.05, 3.63) is 95.0 Å². The molecule has 0 aliphatic rings. The Hall–Kier alpha value is -2.90. The Balaban J connectivity index is 1.48. The molecular weight excluding hydrogens is 414 g/mol. The highest BCUT2D eigenvalue weighted by molar-refractivity contribution is 6.30. The Kier molecular flexibility index (Phi) is 8.44. The maximum atomic E-state index is 12.1. The number of benzene rings is 3. The summed E-state index contributed by atoms with van der Waals surface area (Å²) < 4.78 is 0. The van der Waals surface area contributed by atoms with Gasteiger partial charge in [0.1, 0.15) is 0 Å². The fraction of sp³-hybridized carbons (Fsp3) is 0.208. The van der Waals surface area contributed by atoms with Crippen LogP contribution in [0.1, 0.15) is 17.2 Å². The third kappa shape index (κ3) is 7.38. The summed E-state index contributed by atoms with van der Waals surface area (Å²) in [7, 11) is 0. The Labute approximate surface area is 186 Å². The number of halogens is 1. The first kappa shape index (κ1) is 22.8. The zero-order valence-electron chi connectivity index (χ0n) is 17.0. The number of anilines is 2. The minimum atomic E-state index is -0.720. The van der Waals surface area contributed by atoms with E-state index in [0.717, 1.165) is 11.1 Å². The molecule has 7 heteroatoms. The number of rotatable bonds is 9. The molecule has 3 aromatic rings. The lowest BCUT2D eigenvalue weighted by atomic mass is 10.0. The molecule has 31 heavy (non-hydrogen) atoms. The van der Waals surface area contributed by atoms with Crippen molar-refractivity contribution in [3.8, 4) is 0 Å². The highest BCUT2D eigenvalue weighted by atomic mass is 35.5.